The van der Waals surface area contributed by atoms with E-state index in [0.29, 0.717) is 12.8 Å². The molecule has 1 aliphatic carbocycles. The fourth-order valence-electron chi connectivity index (χ4n) is 2.37. The number of nitrogens with one attached hydrogen (secondary N) is 1. The van der Waals surface area contributed by atoms with Gasteiger partial charge >= 0.3 is 0 Å². The highest BCUT2D eigenvalue weighted by molar-refractivity contribution is 5.94. The Morgan fingerprint density at radius 1 is 1.21 bits per heavy atom. The van der Waals surface area contributed by atoms with Gasteiger partial charge in [-0.3, -0.25) is 4.79 Å². The predicted molar refractivity (Wildman–Crippen MR) is 66.7 cm³/mol. The molecule has 1 saturated carbocycles. The number of benzene rings is 1. The van der Waals surface area contributed by atoms with Gasteiger partial charge in [0, 0.05) is 12.1 Å². The molecule has 0 radical (unpaired) electrons. The van der Waals surface area contributed by atoms with Crippen LogP contribution in [0.1, 0.15) is 42.5 Å². The Kier molecular flexibility index (Phi) is 4.14. The van der Waals surface area contributed by atoms with Crippen LogP contribution in [0.25, 0.3) is 0 Å². The summed E-state index contributed by atoms with van der Waals surface area (Å²) < 4.78 is 25.8. The molecule has 0 unspecified atom stereocenters. The molecule has 0 atom stereocenters. The topological polar surface area (TPSA) is 49.3 Å². The molecular weight excluding hydrogens is 252 g/mol. The molecule has 0 heterocycles. The van der Waals surface area contributed by atoms with Gasteiger partial charge < -0.3 is 10.4 Å². The Hall–Kier alpha value is -1.49. The zero-order chi connectivity index (χ0) is 13.9. The Labute approximate surface area is 110 Å². The quantitative estimate of drug-likeness (QED) is 0.885. The number of hydrogen-bond acceptors (Lipinski definition) is 2. The van der Waals surface area contributed by atoms with E-state index in [1.165, 1.54) is 6.07 Å². The number of halogens is 2. The van der Waals surface area contributed by atoms with Crippen LogP contribution in [0.5, 0.6) is 0 Å². The lowest BCUT2D eigenvalue weighted by molar-refractivity contribution is 0.00525. The fraction of sp³-hybridized carbons (Fsp3) is 0.500. The lowest BCUT2D eigenvalue weighted by atomic mass is 9.85. The first-order valence-corrected chi connectivity index (χ1v) is 6.46. The number of carbonyl (C=O) groups excluding carboxylic acids is 1. The van der Waals surface area contributed by atoms with Crippen molar-refractivity contribution in [3.63, 3.8) is 0 Å². The number of amides is 1. The Bertz CT molecular complexity index is 471. The smallest absolute Gasteiger partial charge is 0.251 e. The SMILES string of the molecule is O=C(NCC1(O)CCCCC1)c1ccc(F)c(F)c1. The highest BCUT2D eigenvalue weighted by Crippen LogP contribution is 2.27. The highest BCUT2D eigenvalue weighted by Gasteiger charge is 2.29. The third-order valence-electron chi connectivity index (χ3n) is 3.54. The number of hydrogen-bond donors (Lipinski definition) is 2. The van der Waals surface area contributed by atoms with Crippen molar-refractivity contribution in [2.24, 2.45) is 0 Å². The van der Waals surface area contributed by atoms with Crippen molar-refractivity contribution in [1.29, 1.82) is 0 Å². The van der Waals surface area contributed by atoms with Crippen LogP contribution in [0.15, 0.2) is 18.2 Å². The summed E-state index contributed by atoms with van der Waals surface area (Å²) in [6.45, 7) is 0.144. The van der Waals surface area contributed by atoms with E-state index in [1.807, 2.05) is 0 Å². The maximum atomic E-state index is 13.0. The third kappa shape index (κ3) is 3.50. The van der Waals surface area contributed by atoms with Crippen LogP contribution in [0.3, 0.4) is 0 Å². The monoisotopic (exact) mass is 269 g/mol. The van der Waals surface area contributed by atoms with Gasteiger partial charge in [0.25, 0.3) is 5.91 Å². The average molecular weight is 269 g/mol. The van der Waals surface area contributed by atoms with Gasteiger partial charge in [0.1, 0.15) is 0 Å². The van der Waals surface area contributed by atoms with Crippen molar-refractivity contribution < 1.29 is 18.7 Å². The summed E-state index contributed by atoms with van der Waals surface area (Å²) in [7, 11) is 0. The van der Waals surface area contributed by atoms with E-state index < -0.39 is 23.1 Å². The van der Waals surface area contributed by atoms with Crippen LogP contribution >= 0.6 is 0 Å². The van der Waals surface area contributed by atoms with E-state index >= 15 is 0 Å². The molecule has 0 aromatic heterocycles. The van der Waals surface area contributed by atoms with Crippen LogP contribution in [-0.4, -0.2) is 23.2 Å². The molecule has 104 valence electrons. The lowest BCUT2D eigenvalue weighted by Crippen LogP contribution is -2.44. The zero-order valence-corrected chi connectivity index (χ0v) is 10.6. The van der Waals surface area contributed by atoms with Crippen molar-refractivity contribution >= 4 is 5.91 Å². The largest absolute Gasteiger partial charge is 0.388 e. The van der Waals surface area contributed by atoms with Crippen LogP contribution in [0.2, 0.25) is 0 Å². The van der Waals surface area contributed by atoms with Gasteiger partial charge in [0.15, 0.2) is 11.6 Å². The average Bonchev–Trinajstić information content (AvgIpc) is 2.40. The van der Waals surface area contributed by atoms with Crippen LogP contribution < -0.4 is 5.32 Å². The molecule has 1 amide bonds. The first-order valence-electron chi connectivity index (χ1n) is 6.46. The Balaban J connectivity index is 1.95. The summed E-state index contributed by atoms with van der Waals surface area (Å²) in [5, 5.41) is 12.8. The lowest BCUT2D eigenvalue weighted by Gasteiger charge is -2.32. The van der Waals surface area contributed by atoms with Crippen molar-refractivity contribution in [2.75, 3.05) is 6.54 Å². The third-order valence-corrected chi connectivity index (χ3v) is 3.54. The number of carbonyl (C=O) groups is 1. The second kappa shape index (κ2) is 5.65. The summed E-state index contributed by atoms with van der Waals surface area (Å²) in [4.78, 5) is 11.8. The van der Waals surface area contributed by atoms with E-state index in [4.69, 9.17) is 0 Å². The Morgan fingerprint density at radius 2 is 1.89 bits per heavy atom. The molecule has 1 fully saturated rings. The van der Waals surface area contributed by atoms with Crippen molar-refractivity contribution in [1.82, 2.24) is 5.32 Å². The maximum absolute atomic E-state index is 13.0. The van der Waals surface area contributed by atoms with E-state index in [9.17, 15) is 18.7 Å². The van der Waals surface area contributed by atoms with E-state index in [2.05, 4.69) is 5.32 Å². The first-order chi connectivity index (χ1) is 9.00. The van der Waals surface area contributed by atoms with Crippen LogP contribution in [0, 0.1) is 11.6 Å². The zero-order valence-electron chi connectivity index (χ0n) is 10.6. The number of rotatable bonds is 3. The minimum atomic E-state index is -1.05. The molecule has 2 N–H and O–H groups in total. The second-order valence-electron chi connectivity index (χ2n) is 5.10. The molecule has 5 heteroatoms. The van der Waals surface area contributed by atoms with Gasteiger partial charge in [-0.05, 0) is 31.0 Å². The van der Waals surface area contributed by atoms with E-state index in [0.717, 1.165) is 31.4 Å². The predicted octanol–water partition coefficient (Wildman–Crippen LogP) is 2.39. The van der Waals surface area contributed by atoms with Crippen LogP contribution in [0.4, 0.5) is 8.78 Å². The molecule has 1 aromatic rings. The summed E-state index contributed by atoms with van der Waals surface area (Å²) in [5.41, 5.74) is -0.815. The minimum Gasteiger partial charge on any atom is -0.388 e. The summed E-state index contributed by atoms with van der Waals surface area (Å²) in [6, 6.07) is 2.99. The van der Waals surface area contributed by atoms with E-state index in [-0.39, 0.29) is 12.1 Å². The molecule has 1 aromatic carbocycles. The molecule has 0 aliphatic heterocycles. The van der Waals surface area contributed by atoms with Gasteiger partial charge in [-0.1, -0.05) is 19.3 Å². The van der Waals surface area contributed by atoms with Crippen LogP contribution in [-0.2, 0) is 0 Å². The molecule has 0 spiro atoms. The maximum Gasteiger partial charge on any atom is 0.251 e. The normalized spacial score (nSPS) is 18.1. The van der Waals surface area contributed by atoms with Crippen molar-refractivity contribution in [2.45, 2.75) is 37.7 Å². The molecule has 0 saturated heterocycles. The fourth-order valence-corrected chi connectivity index (χ4v) is 2.37. The van der Waals surface area contributed by atoms with E-state index in [1.54, 1.807) is 0 Å². The Morgan fingerprint density at radius 3 is 2.53 bits per heavy atom. The summed E-state index contributed by atoms with van der Waals surface area (Å²) in [5.74, 6) is -2.54. The van der Waals surface area contributed by atoms with Gasteiger partial charge in [-0.25, -0.2) is 8.78 Å². The molecular formula is C14H17F2NO2. The van der Waals surface area contributed by atoms with Gasteiger partial charge in [0.2, 0.25) is 0 Å². The first kappa shape index (κ1) is 13.9. The second-order valence-corrected chi connectivity index (χ2v) is 5.10. The molecule has 3 nitrogen and oxygen atoms in total. The van der Waals surface area contributed by atoms with Crippen molar-refractivity contribution in [3.05, 3.63) is 35.4 Å². The summed E-state index contributed by atoms with van der Waals surface area (Å²) >= 11 is 0. The number of aliphatic hydroxyl groups is 1. The standard InChI is InChI=1S/C14H17F2NO2/c15-11-5-4-10(8-12(11)16)13(18)17-9-14(19)6-2-1-3-7-14/h4-5,8,19H,1-3,6-7,9H2,(H,17,18). The van der Waals surface area contributed by atoms with Gasteiger partial charge in [-0.2, -0.15) is 0 Å². The molecule has 0 bridgehead atoms. The summed E-state index contributed by atoms with van der Waals surface area (Å²) in [6.07, 6.45) is 4.30. The minimum absolute atomic E-state index is 0.0540. The van der Waals surface area contributed by atoms with Gasteiger partial charge in [-0.15, -0.1) is 0 Å². The molecule has 1 aliphatic rings. The van der Waals surface area contributed by atoms with Crippen molar-refractivity contribution in [3.8, 4) is 0 Å². The van der Waals surface area contributed by atoms with Gasteiger partial charge in [0.05, 0.1) is 5.60 Å². The molecule has 19 heavy (non-hydrogen) atoms. The highest BCUT2D eigenvalue weighted by atomic mass is 19.2. The molecule has 2 rings (SSSR count).